The highest BCUT2D eigenvalue weighted by molar-refractivity contribution is 7.16. The standard InChI is InChI=1S/C8H7N.C5H4N2S.C5H5N.3C4H4N2.C4H5N.C4H4O.C4H4S.2C3H4N2.C3H3NO.2C3H3NS.C2H3N3.16C2H6.CH2N4/c1-2-4-8-7(3-1)5-6-9-8;1-2-8-5-4(1)3-6-7-5;1-2-4-6-5-3-1;1-2-6-4-3-5-1;1-2-5-4-6-3-1;1-2-4-6-5-3-1;3*1-2-4-5-3-1;1-2-5-3-4-1;2*1-2-4-5-3-1;1-2-5-3-4-1;1-2-4-5-3-1;1-3-2-5-4-1;16*1-2;1-2-4-5-3-1/h1-6,9H;1-3H,(H,6,7);1-5H;3*1-4H;1-5H;2*1-4H;1-3H,(H,4,5);1-2H,3H2;3*1-3H;1-2H,(H,3,4,5);16*1-2H3;1H2. The molecule has 2 aliphatic heterocycles. The summed E-state index contributed by atoms with van der Waals surface area (Å²) in [5.41, 5.74) is 3.00. The number of nitrogens with zero attached hydrogens (tertiary/aromatic N) is 20. The van der Waals surface area contributed by atoms with Gasteiger partial charge in [0.1, 0.15) is 30.1 Å². The predicted molar refractivity (Wildman–Crippen MR) is 537 cm³/mol. The van der Waals surface area contributed by atoms with Crippen LogP contribution in [0.3, 0.4) is 0 Å². The Labute approximate surface area is 759 Å². The van der Waals surface area contributed by atoms with Crippen LogP contribution in [0.2, 0.25) is 0 Å². The van der Waals surface area contributed by atoms with Gasteiger partial charge in [0.05, 0.1) is 43.3 Å². The van der Waals surface area contributed by atoms with Gasteiger partial charge in [-0.2, -0.15) is 42.0 Å². The van der Waals surface area contributed by atoms with Gasteiger partial charge in [0.2, 0.25) is 0 Å². The van der Waals surface area contributed by atoms with Crippen LogP contribution in [0.25, 0.3) is 21.1 Å². The number of aromatic amines is 5. The fraction of sp³-hybridized carbons (Fsp3) is 0.370. The van der Waals surface area contributed by atoms with E-state index in [1.807, 2.05) is 370 Å². The summed E-state index contributed by atoms with van der Waals surface area (Å²) in [4.78, 5) is 39.4. The SMILES string of the molecule is C1=CN=NC1.C1N=NN=N1.CC.CC.CC.CC.CC.CC.CC.CC.CC.CC.CC.CC.CC.CC.CC.CC.c1c[nH]cn1.c1cc2cn[nH]c2s1.c1cc[nH]c1.c1ccc2[nH]ccc2c1.c1ccncc1.c1ccnnc1.c1ccoc1.c1ccsc1.c1cnccn1.c1cncnc1.c1cnoc1.c1cnsc1.c1cscn1.c1nc[nH]n1. The predicted octanol–water partition coefficient (Wildman–Crippen LogP) is 31.7. The average Bonchev–Trinajstić information content (AvgIpc) is 1.76. The van der Waals surface area contributed by atoms with Gasteiger partial charge in [-0.05, 0) is 135 Å². The number of para-hydroxylation sites is 1. The lowest BCUT2D eigenvalue weighted by Gasteiger charge is -1.83. The molecule has 31 heteroatoms. The topological polar surface area (TPSA) is 360 Å². The Bertz CT molecular complexity index is 3000. The minimum absolute atomic E-state index is 0.417. The molecule has 5 N–H and O–H groups in total. The molecular weight excluding hydrogens is 1620 g/mol. The molecule has 688 valence electrons. The first-order chi connectivity index (χ1) is 61.4. The minimum Gasteiger partial charge on any atom is -0.473 e. The molecule has 17 heterocycles. The normalized spacial score (nSPS) is 7.80. The summed E-state index contributed by atoms with van der Waals surface area (Å²) in [6.45, 7) is 65.2. The van der Waals surface area contributed by atoms with Crippen LogP contribution in [0.1, 0.15) is 222 Å². The van der Waals surface area contributed by atoms with E-state index >= 15 is 0 Å². The highest BCUT2D eigenvalue weighted by Crippen LogP contribution is 2.15. The van der Waals surface area contributed by atoms with Crippen LogP contribution >= 0.6 is 45.5 Å². The lowest BCUT2D eigenvalue weighted by Crippen LogP contribution is -1.69. The van der Waals surface area contributed by atoms with Crippen LogP contribution in [-0.4, -0.2) is 108 Å². The Morgan fingerprint density at radius 1 is 0.350 bits per heavy atom. The van der Waals surface area contributed by atoms with E-state index in [1.165, 1.54) is 53.1 Å². The number of thiophene rings is 2. The third kappa shape index (κ3) is 142. The first-order valence-corrected chi connectivity index (χ1v) is 45.9. The number of azo groups is 1. The number of pyridine rings is 1. The van der Waals surface area contributed by atoms with Crippen molar-refractivity contribution in [2.24, 2.45) is 30.9 Å². The fourth-order valence-corrected chi connectivity index (χ4v) is 6.63. The molecular formula is C92H159N25O2S4. The van der Waals surface area contributed by atoms with Crippen molar-refractivity contribution < 1.29 is 8.94 Å². The molecule has 0 saturated heterocycles. The zero-order valence-corrected chi connectivity index (χ0v) is 83.8. The van der Waals surface area contributed by atoms with Gasteiger partial charge >= 0.3 is 0 Å². The van der Waals surface area contributed by atoms with E-state index in [4.69, 9.17) is 0 Å². The Morgan fingerprint density at radius 3 is 1.14 bits per heavy atom. The lowest BCUT2D eigenvalue weighted by molar-refractivity contribution is 0.420. The minimum atomic E-state index is 0.417. The maximum Gasteiger partial charge on any atom is 0.175 e. The molecule has 18 rings (SSSR count). The Hall–Kier alpha value is -12.1. The molecule has 123 heavy (non-hydrogen) atoms. The molecule has 0 amide bonds. The van der Waals surface area contributed by atoms with E-state index in [0.717, 1.165) is 11.4 Å². The quantitative estimate of drug-likeness (QED) is 0.0941. The van der Waals surface area contributed by atoms with E-state index in [-0.39, 0.29) is 0 Å². The smallest absolute Gasteiger partial charge is 0.175 e. The van der Waals surface area contributed by atoms with Crippen molar-refractivity contribution >= 4 is 66.7 Å². The van der Waals surface area contributed by atoms with Gasteiger partial charge in [-0.3, -0.25) is 30.1 Å². The molecule has 0 saturated carbocycles. The van der Waals surface area contributed by atoms with Crippen LogP contribution in [0, 0.1) is 0 Å². The summed E-state index contributed by atoms with van der Waals surface area (Å²) >= 11 is 6.45. The van der Waals surface area contributed by atoms with Gasteiger partial charge < -0.3 is 23.9 Å². The number of aromatic nitrogens is 19. The van der Waals surface area contributed by atoms with Gasteiger partial charge in [-0.25, -0.2) is 24.3 Å². The highest BCUT2D eigenvalue weighted by atomic mass is 32.1. The van der Waals surface area contributed by atoms with Crippen LogP contribution in [0.5, 0.6) is 0 Å². The summed E-state index contributed by atoms with van der Waals surface area (Å²) in [5, 5.41) is 55.8. The number of furan rings is 1. The lowest BCUT2D eigenvalue weighted by atomic mass is 10.3. The number of rotatable bonds is 0. The Balaban J connectivity index is -0.0000000842. The van der Waals surface area contributed by atoms with Crippen LogP contribution in [0.4, 0.5) is 0 Å². The summed E-state index contributed by atoms with van der Waals surface area (Å²) in [6, 6.07) is 38.7. The zero-order chi connectivity index (χ0) is 95.8. The summed E-state index contributed by atoms with van der Waals surface area (Å²) in [5.74, 6) is 0. The second kappa shape index (κ2) is 173. The monoisotopic (exact) mass is 1770 g/mol. The molecule has 0 unspecified atom stereocenters. The number of hydrogen-bond donors (Lipinski definition) is 5. The molecule has 1 aromatic carbocycles. The first kappa shape index (κ1) is 143. The maximum atomic E-state index is 4.58. The van der Waals surface area contributed by atoms with Crippen molar-refractivity contribution in [1.29, 1.82) is 0 Å². The number of benzene rings is 1. The fourth-order valence-electron chi connectivity index (χ4n) is 4.76. The van der Waals surface area contributed by atoms with Crippen molar-refractivity contribution in [3.63, 3.8) is 0 Å². The summed E-state index contributed by atoms with van der Waals surface area (Å²) in [7, 11) is 0. The van der Waals surface area contributed by atoms with E-state index in [1.54, 1.807) is 170 Å². The average molecular weight is 1780 g/mol. The van der Waals surface area contributed by atoms with Crippen molar-refractivity contribution in [3.8, 4) is 0 Å². The van der Waals surface area contributed by atoms with Crippen molar-refractivity contribution in [2.75, 3.05) is 13.2 Å². The molecule has 2 aliphatic rings. The number of imidazole rings is 1. The van der Waals surface area contributed by atoms with Crippen LogP contribution in [0.15, 0.2) is 368 Å². The van der Waals surface area contributed by atoms with E-state index in [2.05, 4.69) is 153 Å². The first-order valence-electron chi connectivity index (χ1n) is 42.3. The second-order valence-corrected chi connectivity index (χ2v) is 17.9. The van der Waals surface area contributed by atoms with E-state index in [9.17, 15) is 0 Å². The maximum absolute atomic E-state index is 4.58. The van der Waals surface area contributed by atoms with Gasteiger partial charge in [-0.1, -0.05) is 263 Å². The van der Waals surface area contributed by atoms with Crippen molar-refractivity contribution in [3.05, 3.63) is 328 Å². The third-order valence-electron chi connectivity index (χ3n) is 8.39. The van der Waals surface area contributed by atoms with E-state index in [0.29, 0.717) is 6.67 Å². The van der Waals surface area contributed by atoms with Crippen molar-refractivity contribution in [2.45, 2.75) is 222 Å². The number of fused-ring (bicyclic) bond motifs is 2. The molecule has 27 nitrogen and oxygen atoms in total. The van der Waals surface area contributed by atoms with Gasteiger partial charge in [-0.15, -0.1) is 32.9 Å². The summed E-state index contributed by atoms with van der Waals surface area (Å²) in [6.07, 6.45) is 47.3. The van der Waals surface area contributed by atoms with E-state index < -0.39 is 0 Å². The molecule has 0 spiro atoms. The second-order valence-electron chi connectivity index (χ2n) is 14.7. The Kier molecular flexibility index (Phi) is 200. The molecule has 0 radical (unpaired) electrons. The highest BCUT2D eigenvalue weighted by Gasteiger charge is 1.91. The molecule has 0 atom stereocenters. The molecule has 0 aliphatic carbocycles. The van der Waals surface area contributed by atoms with Crippen molar-refractivity contribution in [1.82, 2.24) is 94.9 Å². The molecule has 0 bridgehead atoms. The zero-order valence-electron chi connectivity index (χ0n) is 80.5. The number of hydrogen-bond acceptors (Lipinski definition) is 26. The molecule has 16 aromatic rings. The van der Waals surface area contributed by atoms with Crippen LogP contribution < -0.4 is 0 Å². The number of thiazole rings is 1. The van der Waals surface area contributed by atoms with Gasteiger partial charge in [0, 0.05) is 133 Å². The summed E-state index contributed by atoms with van der Waals surface area (Å²) < 4.78 is 12.7. The number of nitrogens with one attached hydrogen (secondary N) is 5. The molecule has 15 aromatic heterocycles. The van der Waals surface area contributed by atoms with Gasteiger partial charge in [0.25, 0.3) is 0 Å². The molecule has 0 fully saturated rings. The Morgan fingerprint density at radius 2 is 0.902 bits per heavy atom. The number of H-pyrrole nitrogens is 5. The third-order valence-corrected chi connectivity index (χ3v) is 10.9. The largest absolute Gasteiger partial charge is 0.473 e. The van der Waals surface area contributed by atoms with Crippen LogP contribution in [-0.2, 0) is 0 Å². The van der Waals surface area contributed by atoms with Gasteiger partial charge in [0.15, 0.2) is 6.67 Å².